The molecule has 6 rings (SSSR count). The molecule has 3 heterocycles. The van der Waals surface area contributed by atoms with Crippen molar-refractivity contribution in [1.82, 2.24) is 10.2 Å². The predicted octanol–water partition coefficient (Wildman–Crippen LogP) is 4.55. The highest BCUT2D eigenvalue weighted by Crippen LogP contribution is 2.55. The zero-order valence-electron chi connectivity index (χ0n) is 22.6. The largest absolute Gasteiger partial charge is 0.359 e. The van der Waals surface area contributed by atoms with Crippen LogP contribution in [0.25, 0.3) is 0 Å². The van der Waals surface area contributed by atoms with Crippen molar-refractivity contribution >= 4 is 23.4 Å². The van der Waals surface area contributed by atoms with Gasteiger partial charge in [0.2, 0.25) is 17.7 Å². The molecule has 1 saturated carbocycles. The third-order valence-electron chi connectivity index (χ3n) is 8.92. The van der Waals surface area contributed by atoms with Gasteiger partial charge in [-0.25, -0.2) is 0 Å². The van der Waals surface area contributed by atoms with Crippen molar-refractivity contribution in [1.29, 1.82) is 0 Å². The van der Waals surface area contributed by atoms with Gasteiger partial charge in [-0.1, -0.05) is 87.7 Å². The molecule has 39 heavy (non-hydrogen) atoms. The molecular formula is C32H37N3O4. The molecule has 2 N–H and O–H groups in total. The van der Waals surface area contributed by atoms with Gasteiger partial charge in [0.05, 0.1) is 17.9 Å². The molecule has 0 aromatic heterocycles. The summed E-state index contributed by atoms with van der Waals surface area (Å²) in [5.74, 6) is -1.72. The molecule has 3 aliphatic heterocycles. The van der Waals surface area contributed by atoms with Crippen molar-refractivity contribution in [3.63, 3.8) is 0 Å². The van der Waals surface area contributed by atoms with E-state index in [9.17, 15) is 14.4 Å². The van der Waals surface area contributed by atoms with Crippen LogP contribution in [0.5, 0.6) is 0 Å². The normalized spacial score (nSPS) is 29.6. The fourth-order valence-electron chi connectivity index (χ4n) is 6.92. The number of anilines is 1. The van der Waals surface area contributed by atoms with Crippen molar-refractivity contribution in [3.8, 4) is 0 Å². The van der Waals surface area contributed by atoms with Crippen molar-refractivity contribution in [3.05, 3.63) is 77.9 Å². The van der Waals surface area contributed by atoms with Gasteiger partial charge in [-0.05, 0) is 42.0 Å². The van der Waals surface area contributed by atoms with Crippen LogP contribution in [0.2, 0.25) is 0 Å². The summed E-state index contributed by atoms with van der Waals surface area (Å²) in [5.41, 5.74) is 1.65. The van der Waals surface area contributed by atoms with Crippen molar-refractivity contribution < 1.29 is 19.1 Å². The quantitative estimate of drug-likeness (QED) is 0.518. The number of carbonyl (C=O) groups excluding carboxylic acids is 3. The van der Waals surface area contributed by atoms with Crippen LogP contribution in [0, 0.1) is 11.8 Å². The summed E-state index contributed by atoms with van der Waals surface area (Å²) in [6, 6.07) is 16.8. The Morgan fingerprint density at radius 1 is 1.00 bits per heavy atom. The molecule has 1 spiro atoms. The number of benzene rings is 2. The number of fused-ring (bicyclic) bond motifs is 1. The number of nitrogens with zero attached hydrogens (tertiary/aromatic N) is 1. The highest BCUT2D eigenvalue weighted by molar-refractivity contribution is 6.02. The van der Waals surface area contributed by atoms with Crippen molar-refractivity contribution in [2.75, 3.05) is 5.32 Å². The Morgan fingerprint density at radius 3 is 2.41 bits per heavy atom. The minimum Gasteiger partial charge on any atom is -0.359 e. The number of hydrogen-bond acceptors (Lipinski definition) is 4. The SMILES string of the molecule is CC(C)c1ccc(NC(=O)[C@@H]2[C@H]3C=C[C@@]4(O3)[C@H]2C(=O)N(Cc2ccccc2)[C@@H]4C(=O)NC2CCCCC2)cc1. The van der Waals surface area contributed by atoms with Crippen LogP contribution in [0.15, 0.2) is 66.7 Å². The Kier molecular flexibility index (Phi) is 6.79. The first kappa shape index (κ1) is 25.8. The van der Waals surface area contributed by atoms with Crippen LogP contribution < -0.4 is 10.6 Å². The number of hydrogen-bond donors (Lipinski definition) is 2. The van der Waals surface area contributed by atoms with Gasteiger partial charge in [0, 0.05) is 18.3 Å². The standard InChI is InChI=1S/C32H37N3O4/c1-20(2)22-13-15-24(16-14-22)33-29(36)26-25-17-18-32(39-25)27(26)31(38)35(19-21-9-5-3-6-10-21)28(32)30(37)34-23-11-7-4-8-12-23/h3,5-6,9-10,13-18,20,23,25-28H,4,7-8,11-12,19H2,1-2H3,(H,33,36)(H,34,37)/t25-,26-,27-,28-,32-/m1/s1. The molecule has 4 aliphatic rings. The summed E-state index contributed by atoms with van der Waals surface area (Å²) in [7, 11) is 0. The average molecular weight is 528 g/mol. The van der Waals surface area contributed by atoms with Crippen LogP contribution in [0.1, 0.15) is 63.0 Å². The second-order valence-corrected chi connectivity index (χ2v) is 11.8. The summed E-state index contributed by atoms with van der Waals surface area (Å²) < 4.78 is 6.47. The number of carbonyl (C=O) groups is 3. The Morgan fingerprint density at radius 2 is 1.72 bits per heavy atom. The van der Waals surface area contributed by atoms with E-state index < -0.39 is 29.6 Å². The second-order valence-electron chi connectivity index (χ2n) is 11.8. The van der Waals surface area contributed by atoms with Gasteiger partial charge in [-0.2, -0.15) is 0 Å². The summed E-state index contributed by atoms with van der Waals surface area (Å²) in [5, 5.41) is 6.25. The zero-order valence-corrected chi connectivity index (χ0v) is 22.6. The Labute approximate surface area is 230 Å². The average Bonchev–Trinajstić information content (AvgIpc) is 3.58. The molecule has 2 bridgehead atoms. The molecule has 2 aromatic carbocycles. The van der Waals surface area contributed by atoms with E-state index in [0.29, 0.717) is 11.6 Å². The number of nitrogens with one attached hydrogen (secondary N) is 2. The highest BCUT2D eigenvalue weighted by atomic mass is 16.5. The number of amides is 3. The number of ether oxygens (including phenoxy) is 1. The van der Waals surface area contributed by atoms with E-state index in [2.05, 4.69) is 24.5 Å². The lowest BCUT2D eigenvalue weighted by Gasteiger charge is -2.34. The maximum Gasteiger partial charge on any atom is 0.246 e. The van der Waals surface area contributed by atoms with Gasteiger partial charge < -0.3 is 20.3 Å². The van der Waals surface area contributed by atoms with Gasteiger partial charge in [0.25, 0.3) is 0 Å². The van der Waals surface area contributed by atoms with Gasteiger partial charge in [0.1, 0.15) is 11.6 Å². The molecule has 5 atom stereocenters. The molecule has 3 fully saturated rings. The lowest BCUT2D eigenvalue weighted by Crippen LogP contribution is -2.56. The minimum atomic E-state index is -1.15. The van der Waals surface area contributed by atoms with E-state index in [1.807, 2.05) is 66.7 Å². The highest BCUT2D eigenvalue weighted by Gasteiger charge is 2.72. The first-order valence-electron chi connectivity index (χ1n) is 14.3. The molecule has 1 aliphatic carbocycles. The topological polar surface area (TPSA) is 87.7 Å². The molecule has 3 amide bonds. The third kappa shape index (κ3) is 4.56. The Balaban J connectivity index is 1.29. The van der Waals surface area contributed by atoms with Crippen LogP contribution >= 0.6 is 0 Å². The first-order valence-corrected chi connectivity index (χ1v) is 14.3. The van der Waals surface area contributed by atoms with Gasteiger partial charge in [-0.15, -0.1) is 0 Å². The summed E-state index contributed by atoms with van der Waals surface area (Å²) in [4.78, 5) is 43.4. The Bertz CT molecular complexity index is 1270. The van der Waals surface area contributed by atoms with E-state index in [-0.39, 0.29) is 30.3 Å². The predicted molar refractivity (Wildman–Crippen MR) is 149 cm³/mol. The van der Waals surface area contributed by atoms with Crippen LogP contribution in [0.4, 0.5) is 5.69 Å². The van der Waals surface area contributed by atoms with Gasteiger partial charge >= 0.3 is 0 Å². The first-order chi connectivity index (χ1) is 18.9. The Hall–Kier alpha value is -3.45. The molecule has 0 radical (unpaired) electrons. The minimum absolute atomic E-state index is 0.103. The molecule has 7 heteroatoms. The zero-order chi connectivity index (χ0) is 27.1. The number of likely N-dealkylation sites (tertiary alicyclic amines) is 1. The molecule has 2 aromatic rings. The van der Waals surface area contributed by atoms with Crippen molar-refractivity contribution in [2.45, 2.75) is 82.2 Å². The third-order valence-corrected chi connectivity index (χ3v) is 8.92. The molecule has 2 saturated heterocycles. The maximum atomic E-state index is 14.1. The van der Waals surface area contributed by atoms with Crippen LogP contribution in [-0.2, 0) is 25.7 Å². The fourth-order valence-corrected chi connectivity index (χ4v) is 6.92. The van der Waals surface area contributed by atoms with Crippen molar-refractivity contribution in [2.24, 2.45) is 11.8 Å². The number of rotatable bonds is 7. The smallest absolute Gasteiger partial charge is 0.246 e. The molecular weight excluding hydrogens is 490 g/mol. The van der Waals surface area contributed by atoms with Crippen LogP contribution in [-0.4, -0.2) is 46.4 Å². The molecule has 0 unspecified atom stereocenters. The van der Waals surface area contributed by atoms with E-state index in [1.54, 1.807) is 4.90 Å². The lowest BCUT2D eigenvalue weighted by atomic mass is 9.74. The summed E-state index contributed by atoms with van der Waals surface area (Å²) >= 11 is 0. The fraction of sp³-hybridized carbons (Fsp3) is 0.469. The monoisotopic (exact) mass is 527 g/mol. The second kappa shape index (κ2) is 10.3. The molecule has 204 valence electrons. The van der Waals surface area contributed by atoms with E-state index in [4.69, 9.17) is 4.74 Å². The van der Waals surface area contributed by atoms with Crippen LogP contribution in [0.3, 0.4) is 0 Å². The summed E-state index contributed by atoms with van der Waals surface area (Å²) in [6.07, 6.45) is 8.45. The molecule has 7 nitrogen and oxygen atoms in total. The maximum absolute atomic E-state index is 14.1. The van der Waals surface area contributed by atoms with Gasteiger partial charge in [0.15, 0.2) is 0 Å². The van der Waals surface area contributed by atoms with E-state index >= 15 is 0 Å². The summed E-state index contributed by atoms with van der Waals surface area (Å²) in [6.45, 7) is 4.53. The van der Waals surface area contributed by atoms with E-state index in [1.165, 1.54) is 12.0 Å². The van der Waals surface area contributed by atoms with Gasteiger partial charge in [-0.3, -0.25) is 14.4 Å². The lowest BCUT2D eigenvalue weighted by molar-refractivity contribution is -0.142. The van der Waals surface area contributed by atoms with E-state index in [0.717, 1.165) is 31.2 Å².